The second-order valence-electron chi connectivity index (χ2n) is 9.22. The van der Waals surface area contributed by atoms with Gasteiger partial charge < -0.3 is 5.11 Å². The van der Waals surface area contributed by atoms with Gasteiger partial charge in [0.15, 0.2) is 0 Å². The molecule has 0 aromatic heterocycles. The van der Waals surface area contributed by atoms with Gasteiger partial charge in [0, 0.05) is 6.61 Å². The Bertz CT molecular complexity index is 474. The largest absolute Gasteiger partial charge is 0.396 e. The summed E-state index contributed by atoms with van der Waals surface area (Å²) in [6, 6.07) is 0. The van der Waals surface area contributed by atoms with Crippen LogP contribution in [0, 0.1) is 28.1 Å². The maximum Gasteiger partial charge on any atom is 0.0878 e. The van der Waals surface area contributed by atoms with Gasteiger partial charge in [-0.25, -0.2) is 9.78 Å². The molecule has 3 aliphatic carbocycles. The highest BCUT2D eigenvalue weighted by Gasteiger charge is 2.55. The first-order valence-electron chi connectivity index (χ1n) is 9.34. The van der Waals surface area contributed by atoms with Crippen LogP contribution in [-0.2, 0) is 9.78 Å². The molecule has 0 heterocycles. The van der Waals surface area contributed by atoms with E-state index in [0.29, 0.717) is 30.5 Å². The van der Waals surface area contributed by atoms with E-state index in [-0.39, 0.29) is 10.8 Å². The first-order chi connectivity index (χ1) is 10.9. The minimum atomic E-state index is 0.0918. The van der Waals surface area contributed by atoms with E-state index in [1.165, 1.54) is 32.1 Å². The zero-order valence-electron chi connectivity index (χ0n) is 15.4. The lowest BCUT2D eigenvalue weighted by Crippen LogP contribution is -2.51. The van der Waals surface area contributed by atoms with E-state index in [0.717, 1.165) is 12.8 Å². The highest BCUT2D eigenvalue weighted by Crippen LogP contribution is 2.63. The normalized spacial score (nSPS) is 46.7. The monoisotopic (exact) mass is 322 g/mol. The lowest BCUT2D eigenvalue weighted by atomic mass is 9.46. The van der Waals surface area contributed by atoms with Crippen LogP contribution in [0.5, 0.6) is 0 Å². The maximum atomic E-state index is 9.76. The van der Waals surface area contributed by atoms with Crippen molar-refractivity contribution < 1.29 is 14.9 Å². The van der Waals surface area contributed by atoms with Crippen LogP contribution in [0.4, 0.5) is 0 Å². The van der Waals surface area contributed by atoms with Crippen molar-refractivity contribution in [1.82, 2.24) is 0 Å². The van der Waals surface area contributed by atoms with Crippen molar-refractivity contribution in [1.29, 1.82) is 0 Å². The summed E-state index contributed by atoms with van der Waals surface area (Å²) in [6.45, 7) is 8.16. The van der Waals surface area contributed by atoms with Crippen LogP contribution in [0.25, 0.3) is 0 Å². The van der Waals surface area contributed by atoms with E-state index in [4.69, 9.17) is 9.78 Å². The summed E-state index contributed by atoms with van der Waals surface area (Å²) < 4.78 is 0. The molecule has 0 saturated heterocycles. The van der Waals surface area contributed by atoms with Gasteiger partial charge >= 0.3 is 0 Å². The molecule has 0 amide bonds. The molecule has 0 radical (unpaired) electrons. The fraction of sp³-hybridized carbons (Fsp3) is 0.900. The van der Waals surface area contributed by atoms with Gasteiger partial charge in [0.2, 0.25) is 0 Å². The van der Waals surface area contributed by atoms with E-state index >= 15 is 0 Å². The van der Waals surface area contributed by atoms with Crippen LogP contribution in [0.3, 0.4) is 0 Å². The number of allylic oxidation sites excluding steroid dienone is 2. The molecule has 2 saturated carbocycles. The van der Waals surface area contributed by atoms with Gasteiger partial charge in [-0.3, -0.25) is 0 Å². The Morgan fingerprint density at radius 3 is 2.70 bits per heavy atom. The summed E-state index contributed by atoms with van der Waals surface area (Å²) in [5, 5.41) is 9.76. The van der Waals surface area contributed by atoms with Crippen LogP contribution in [0.15, 0.2) is 11.6 Å². The van der Waals surface area contributed by atoms with Crippen LogP contribution >= 0.6 is 0 Å². The molecule has 0 aromatic carbocycles. The van der Waals surface area contributed by atoms with E-state index in [1.807, 2.05) is 0 Å². The molecule has 3 rings (SSSR count). The van der Waals surface area contributed by atoms with Gasteiger partial charge in [-0.15, -0.1) is 0 Å². The molecule has 0 spiro atoms. The second-order valence-corrected chi connectivity index (χ2v) is 9.22. The lowest BCUT2D eigenvalue weighted by molar-refractivity contribution is -0.298. The van der Waals surface area contributed by atoms with Crippen molar-refractivity contribution in [2.45, 2.75) is 65.7 Å². The van der Waals surface area contributed by atoms with Crippen molar-refractivity contribution in [2.24, 2.45) is 28.1 Å². The number of hydrogen-bond acceptors (Lipinski definition) is 3. The first kappa shape index (κ1) is 17.4. The van der Waals surface area contributed by atoms with Crippen LogP contribution in [0.1, 0.15) is 65.7 Å². The van der Waals surface area contributed by atoms with Gasteiger partial charge in [0.05, 0.1) is 13.7 Å². The summed E-state index contributed by atoms with van der Waals surface area (Å²) in [7, 11) is 1.61. The van der Waals surface area contributed by atoms with Crippen molar-refractivity contribution >= 4 is 0 Å². The Kier molecular flexibility index (Phi) is 4.67. The SMILES string of the molecule is COOCC1(C)CCCC2(C)C3=CCC(C)(CO)CC3CCC12. The molecule has 23 heavy (non-hydrogen) atoms. The van der Waals surface area contributed by atoms with Gasteiger partial charge in [0.1, 0.15) is 0 Å². The molecule has 1 N–H and O–H groups in total. The van der Waals surface area contributed by atoms with E-state index in [9.17, 15) is 5.11 Å². The highest BCUT2D eigenvalue weighted by atomic mass is 17.2. The summed E-state index contributed by atoms with van der Waals surface area (Å²) in [5.74, 6) is 1.35. The van der Waals surface area contributed by atoms with Gasteiger partial charge in [-0.1, -0.05) is 38.8 Å². The molecule has 3 aliphatic rings. The zero-order chi connectivity index (χ0) is 16.7. The molecule has 5 atom stereocenters. The minimum absolute atomic E-state index is 0.0918. The third-order valence-corrected chi connectivity index (χ3v) is 7.40. The second kappa shape index (κ2) is 6.16. The topological polar surface area (TPSA) is 38.7 Å². The summed E-state index contributed by atoms with van der Waals surface area (Å²) in [5.41, 5.74) is 2.31. The van der Waals surface area contributed by atoms with Gasteiger partial charge in [-0.2, -0.15) is 0 Å². The lowest BCUT2D eigenvalue weighted by Gasteiger charge is -2.59. The highest BCUT2D eigenvalue weighted by molar-refractivity contribution is 5.27. The predicted octanol–water partition coefficient (Wildman–Crippen LogP) is 4.51. The Balaban J connectivity index is 1.88. The molecule has 5 unspecified atom stereocenters. The Morgan fingerprint density at radius 1 is 1.22 bits per heavy atom. The maximum absolute atomic E-state index is 9.76. The summed E-state index contributed by atoms with van der Waals surface area (Å²) >= 11 is 0. The number of aliphatic hydroxyl groups excluding tert-OH is 1. The Labute approximate surface area is 141 Å². The smallest absolute Gasteiger partial charge is 0.0878 e. The first-order valence-corrected chi connectivity index (χ1v) is 9.34. The van der Waals surface area contributed by atoms with Crippen molar-refractivity contribution in [3.05, 3.63) is 11.6 Å². The predicted molar refractivity (Wildman–Crippen MR) is 91.7 cm³/mol. The molecule has 3 nitrogen and oxygen atoms in total. The number of hydrogen-bond donors (Lipinski definition) is 1. The molecule has 3 heteroatoms. The zero-order valence-corrected chi connectivity index (χ0v) is 15.4. The van der Waals surface area contributed by atoms with Crippen LogP contribution in [-0.4, -0.2) is 25.4 Å². The van der Waals surface area contributed by atoms with Crippen molar-refractivity contribution in [3.63, 3.8) is 0 Å². The minimum Gasteiger partial charge on any atom is -0.396 e. The van der Waals surface area contributed by atoms with Crippen molar-refractivity contribution in [2.75, 3.05) is 20.3 Å². The van der Waals surface area contributed by atoms with Gasteiger partial charge in [-0.05, 0) is 66.6 Å². The quantitative estimate of drug-likeness (QED) is 0.470. The Hall–Kier alpha value is -0.380. The Morgan fingerprint density at radius 2 is 2.00 bits per heavy atom. The van der Waals surface area contributed by atoms with Crippen LogP contribution in [0.2, 0.25) is 0 Å². The van der Waals surface area contributed by atoms with Gasteiger partial charge in [0.25, 0.3) is 0 Å². The molecule has 2 fully saturated rings. The van der Waals surface area contributed by atoms with E-state index < -0.39 is 0 Å². The molecule has 0 aliphatic heterocycles. The van der Waals surface area contributed by atoms with Crippen LogP contribution < -0.4 is 0 Å². The average Bonchev–Trinajstić information content (AvgIpc) is 2.52. The molecule has 132 valence electrons. The van der Waals surface area contributed by atoms with E-state index in [2.05, 4.69) is 26.8 Å². The molecule has 0 bridgehead atoms. The summed E-state index contributed by atoms with van der Waals surface area (Å²) in [6.07, 6.45) is 11.1. The third-order valence-electron chi connectivity index (χ3n) is 7.40. The third kappa shape index (κ3) is 2.89. The average molecular weight is 322 g/mol. The fourth-order valence-electron chi connectivity index (χ4n) is 6.12. The van der Waals surface area contributed by atoms with Crippen molar-refractivity contribution in [3.8, 4) is 0 Å². The number of fused-ring (bicyclic) bond motifs is 3. The molecule has 0 aromatic rings. The standard InChI is InChI=1S/C20H34O3/c1-18(13-21)11-8-16-15(12-18)6-7-17-19(2,14-23-22-4)9-5-10-20(16,17)3/h8,15,17,21H,5-7,9-14H2,1-4H3. The number of aliphatic hydroxyl groups is 1. The summed E-state index contributed by atoms with van der Waals surface area (Å²) in [4.78, 5) is 10.3. The van der Waals surface area contributed by atoms with E-state index in [1.54, 1.807) is 12.7 Å². The molecular weight excluding hydrogens is 288 g/mol. The number of rotatable bonds is 4. The molecular formula is C20H34O3. The fourth-order valence-corrected chi connectivity index (χ4v) is 6.12.